The molecule has 1 unspecified atom stereocenters. The van der Waals surface area contributed by atoms with Gasteiger partial charge in [0.05, 0.1) is 31.9 Å². The molecule has 1 atom stereocenters. The van der Waals surface area contributed by atoms with Gasteiger partial charge >= 0.3 is 0 Å². The van der Waals surface area contributed by atoms with Gasteiger partial charge in [-0.15, -0.1) is 0 Å². The predicted molar refractivity (Wildman–Crippen MR) is 107 cm³/mol. The summed E-state index contributed by atoms with van der Waals surface area (Å²) in [6.07, 6.45) is 2.03. The number of ether oxygens (including phenoxy) is 2. The van der Waals surface area contributed by atoms with Crippen LogP contribution < -0.4 is 15.0 Å². The van der Waals surface area contributed by atoms with Crippen molar-refractivity contribution in [3.8, 4) is 5.75 Å². The summed E-state index contributed by atoms with van der Waals surface area (Å²) in [5, 5.41) is 3.06. The van der Waals surface area contributed by atoms with Gasteiger partial charge in [-0.1, -0.05) is 12.1 Å². The normalized spacial score (nSPS) is 17.9. The number of amides is 1. The Morgan fingerprint density at radius 3 is 2.54 bits per heavy atom. The Balaban J connectivity index is 1.57. The maximum atomic E-state index is 13.3. The summed E-state index contributed by atoms with van der Waals surface area (Å²) in [5.41, 5.74) is 2.54. The van der Waals surface area contributed by atoms with Crippen LogP contribution in [0.4, 0.5) is 15.8 Å². The number of nitrogens with zero attached hydrogens (tertiary/aromatic N) is 1. The molecule has 148 valence electrons. The van der Waals surface area contributed by atoms with Gasteiger partial charge in [0.25, 0.3) is 0 Å². The molecule has 6 heteroatoms. The van der Waals surface area contributed by atoms with Crippen LogP contribution in [0.2, 0.25) is 0 Å². The Kier molecular flexibility index (Phi) is 5.48. The van der Waals surface area contributed by atoms with Gasteiger partial charge in [-0.2, -0.15) is 0 Å². The minimum absolute atomic E-state index is 0.0773. The molecule has 0 bridgehead atoms. The lowest BCUT2D eigenvalue weighted by atomic mass is 9.93. The van der Waals surface area contributed by atoms with Gasteiger partial charge in [-0.05, 0) is 54.7 Å². The first-order valence-corrected chi connectivity index (χ1v) is 9.73. The Bertz CT molecular complexity index is 830. The van der Waals surface area contributed by atoms with Crippen molar-refractivity contribution in [2.45, 2.75) is 18.8 Å². The number of nitrogens with one attached hydrogen (secondary N) is 1. The van der Waals surface area contributed by atoms with Crippen LogP contribution in [-0.4, -0.2) is 39.3 Å². The number of carbonyl (C=O) groups is 1. The van der Waals surface area contributed by atoms with Gasteiger partial charge in [0.15, 0.2) is 0 Å². The van der Waals surface area contributed by atoms with Crippen molar-refractivity contribution in [3.05, 3.63) is 53.8 Å². The molecule has 1 aliphatic heterocycles. The minimum atomic E-state index is -0.293. The van der Waals surface area contributed by atoms with Crippen molar-refractivity contribution in [2.24, 2.45) is 5.92 Å². The quantitative estimate of drug-likeness (QED) is 0.823. The van der Waals surface area contributed by atoms with E-state index >= 15 is 0 Å². The molecule has 0 radical (unpaired) electrons. The standard InChI is InChI=1S/C22H25FN2O3/c1-27-20-9-8-18(25-10-12-28-13-11-25)14-19(20)24-22(26)21(15-2-3-15)16-4-6-17(23)7-5-16/h4-9,14-15,21H,2-3,10-13H2,1H3,(H,24,26). The monoisotopic (exact) mass is 384 g/mol. The van der Waals surface area contributed by atoms with Crippen molar-refractivity contribution in [1.29, 1.82) is 0 Å². The summed E-state index contributed by atoms with van der Waals surface area (Å²) in [6, 6.07) is 12.1. The number of morpholine rings is 1. The molecule has 1 amide bonds. The topological polar surface area (TPSA) is 50.8 Å². The highest BCUT2D eigenvalue weighted by atomic mass is 19.1. The van der Waals surface area contributed by atoms with Crippen LogP contribution >= 0.6 is 0 Å². The molecule has 5 nitrogen and oxygen atoms in total. The number of hydrogen-bond acceptors (Lipinski definition) is 4. The second-order valence-electron chi connectivity index (χ2n) is 7.34. The van der Waals surface area contributed by atoms with E-state index in [0.29, 0.717) is 30.6 Å². The molecule has 2 aliphatic rings. The maximum absolute atomic E-state index is 13.3. The molecule has 1 saturated heterocycles. The van der Waals surface area contributed by atoms with Crippen molar-refractivity contribution in [1.82, 2.24) is 0 Å². The molecule has 0 spiro atoms. The lowest BCUT2D eigenvalue weighted by molar-refractivity contribution is -0.118. The lowest BCUT2D eigenvalue weighted by Gasteiger charge is -2.29. The van der Waals surface area contributed by atoms with Gasteiger partial charge in [-0.25, -0.2) is 4.39 Å². The second-order valence-corrected chi connectivity index (χ2v) is 7.34. The van der Waals surface area contributed by atoms with Crippen LogP contribution in [0.25, 0.3) is 0 Å². The second kappa shape index (κ2) is 8.19. The molecule has 28 heavy (non-hydrogen) atoms. The molecule has 0 aromatic heterocycles. The van der Waals surface area contributed by atoms with E-state index in [4.69, 9.17) is 9.47 Å². The first-order valence-electron chi connectivity index (χ1n) is 9.73. The molecular formula is C22H25FN2O3. The third kappa shape index (κ3) is 4.12. The van der Waals surface area contributed by atoms with Gasteiger partial charge in [0.1, 0.15) is 11.6 Å². The van der Waals surface area contributed by atoms with E-state index in [-0.39, 0.29) is 17.6 Å². The summed E-state index contributed by atoms with van der Waals surface area (Å²) in [7, 11) is 1.59. The van der Waals surface area contributed by atoms with Gasteiger partial charge < -0.3 is 19.7 Å². The average molecular weight is 384 g/mol. The largest absolute Gasteiger partial charge is 0.495 e. The Labute approximate surface area is 164 Å². The summed E-state index contributed by atoms with van der Waals surface area (Å²) in [6.45, 7) is 3.03. The number of hydrogen-bond donors (Lipinski definition) is 1. The van der Waals surface area contributed by atoms with Crippen molar-refractivity contribution < 1.29 is 18.7 Å². The molecule has 1 aliphatic carbocycles. The first-order chi connectivity index (χ1) is 13.7. The van der Waals surface area contributed by atoms with Crippen LogP contribution in [0.1, 0.15) is 24.3 Å². The molecular weight excluding hydrogens is 359 g/mol. The predicted octanol–water partition coefficient (Wildman–Crippen LogP) is 3.80. The fourth-order valence-electron chi connectivity index (χ4n) is 3.76. The zero-order valence-electron chi connectivity index (χ0n) is 16.0. The zero-order chi connectivity index (χ0) is 19.5. The molecule has 4 rings (SSSR count). The van der Waals surface area contributed by atoms with Crippen LogP contribution in [0.3, 0.4) is 0 Å². The third-order valence-corrected chi connectivity index (χ3v) is 5.42. The SMILES string of the molecule is COc1ccc(N2CCOCC2)cc1NC(=O)C(c1ccc(F)cc1)C1CC1. The van der Waals surface area contributed by atoms with Crippen LogP contribution in [0.5, 0.6) is 5.75 Å². The van der Waals surface area contributed by atoms with E-state index in [9.17, 15) is 9.18 Å². The van der Waals surface area contributed by atoms with E-state index in [1.807, 2.05) is 18.2 Å². The highest BCUT2D eigenvalue weighted by molar-refractivity contribution is 5.98. The number of rotatable bonds is 6. The van der Waals surface area contributed by atoms with Crippen molar-refractivity contribution in [2.75, 3.05) is 43.6 Å². The van der Waals surface area contributed by atoms with Gasteiger partial charge in [-0.3, -0.25) is 4.79 Å². The Hall–Kier alpha value is -2.60. The zero-order valence-corrected chi connectivity index (χ0v) is 16.0. The Morgan fingerprint density at radius 2 is 1.89 bits per heavy atom. The molecule has 1 saturated carbocycles. The molecule has 2 aromatic rings. The van der Waals surface area contributed by atoms with Gasteiger partial charge in [0.2, 0.25) is 5.91 Å². The highest BCUT2D eigenvalue weighted by Crippen LogP contribution is 2.43. The first kappa shape index (κ1) is 18.7. The van der Waals surface area contributed by atoms with E-state index in [0.717, 1.165) is 37.2 Å². The molecule has 1 heterocycles. The maximum Gasteiger partial charge on any atom is 0.232 e. The van der Waals surface area contributed by atoms with Crippen molar-refractivity contribution >= 4 is 17.3 Å². The summed E-state index contributed by atoms with van der Waals surface area (Å²) in [4.78, 5) is 15.4. The van der Waals surface area contributed by atoms with Crippen molar-refractivity contribution in [3.63, 3.8) is 0 Å². The average Bonchev–Trinajstić information content (AvgIpc) is 3.55. The fraction of sp³-hybridized carbons (Fsp3) is 0.409. The Morgan fingerprint density at radius 1 is 1.18 bits per heavy atom. The summed E-state index contributed by atoms with van der Waals surface area (Å²) < 4.78 is 24.2. The minimum Gasteiger partial charge on any atom is -0.495 e. The van der Waals surface area contributed by atoms with E-state index < -0.39 is 0 Å². The highest BCUT2D eigenvalue weighted by Gasteiger charge is 2.37. The summed E-state index contributed by atoms with van der Waals surface area (Å²) in [5.74, 6) is 0.278. The van der Waals surface area contributed by atoms with E-state index in [1.54, 1.807) is 19.2 Å². The number of benzene rings is 2. The van der Waals surface area contributed by atoms with E-state index in [2.05, 4.69) is 10.2 Å². The van der Waals surface area contributed by atoms with Crippen LogP contribution in [-0.2, 0) is 9.53 Å². The number of halogens is 1. The fourth-order valence-corrected chi connectivity index (χ4v) is 3.76. The number of methoxy groups -OCH3 is 1. The smallest absolute Gasteiger partial charge is 0.232 e. The van der Waals surface area contributed by atoms with Crippen LogP contribution in [0.15, 0.2) is 42.5 Å². The van der Waals surface area contributed by atoms with E-state index in [1.165, 1.54) is 12.1 Å². The number of anilines is 2. The summed E-state index contributed by atoms with van der Waals surface area (Å²) >= 11 is 0. The van der Waals surface area contributed by atoms with Gasteiger partial charge in [0, 0.05) is 18.8 Å². The third-order valence-electron chi connectivity index (χ3n) is 5.42. The molecule has 2 fully saturated rings. The molecule has 2 aromatic carbocycles. The van der Waals surface area contributed by atoms with Crippen LogP contribution in [0, 0.1) is 11.7 Å². The number of carbonyl (C=O) groups excluding carboxylic acids is 1. The lowest BCUT2D eigenvalue weighted by Crippen LogP contribution is -2.36. The molecule has 1 N–H and O–H groups in total.